The minimum absolute atomic E-state index is 0.0517. The number of carbonyl (C=O) groups excluding carboxylic acids is 2. The molecule has 1 aliphatic heterocycles. The third-order valence-corrected chi connectivity index (χ3v) is 7.59. The standard InChI is InChI=1S/C37H33N3O3/c1-27-16-20-31(21-17-27)40-36(39(25-29-12-6-3-7-13-29)34-15-9-8-14-33(34)37(40)42)30-18-22-32(23-19-30)43-26-35(41)38-24-28-10-4-2-5-11-28/h2-23,36H,24-26H2,1H3,(H,38,41)/t36-/m1/s1. The molecule has 5 aromatic rings. The van der Waals surface area contributed by atoms with Crippen molar-refractivity contribution in [1.29, 1.82) is 0 Å². The summed E-state index contributed by atoms with van der Waals surface area (Å²) >= 11 is 0. The molecule has 0 aliphatic carbocycles. The molecule has 0 radical (unpaired) electrons. The van der Waals surface area contributed by atoms with Crippen LogP contribution in [0.4, 0.5) is 11.4 Å². The number of aryl methyl sites for hydroxylation is 1. The number of benzene rings is 5. The second-order valence-electron chi connectivity index (χ2n) is 10.6. The topological polar surface area (TPSA) is 61.9 Å². The molecule has 0 aromatic heterocycles. The van der Waals surface area contributed by atoms with Crippen LogP contribution < -0.4 is 19.9 Å². The van der Waals surface area contributed by atoms with Crippen LogP contribution in [-0.2, 0) is 17.9 Å². The van der Waals surface area contributed by atoms with Crippen molar-refractivity contribution in [3.63, 3.8) is 0 Å². The first kappa shape index (κ1) is 27.8. The predicted molar refractivity (Wildman–Crippen MR) is 170 cm³/mol. The van der Waals surface area contributed by atoms with E-state index in [0.29, 0.717) is 24.4 Å². The molecule has 1 heterocycles. The summed E-state index contributed by atoms with van der Waals surface area (Å²) < 4.78 is 5.82. The average Bonchev–Trinajstić information content (AvgIpc) is 3.06. The molecule has 1 aliphatic rings. The molecule has 0 saturated carbocycles. The highest BCUT2D eigenvalue weighted by molar-refractivity contribution is 6.12. The molecule has 1 atom stereocenters. The van der Waals surface area contributed by atoms with Crippen LogP contribution >= 0.6 is 0 Å². The Balaban J connectivity index is 1.29. The van der Waals surface area contributed by atoms with Crippen LogP contribution in [0.25, 0.3) is 0 Å². The van der Waals surface area contributed by atoms with Crippen LogP contribution in [0.15, 0.2) is 133 Å². The first-order valence-electron chi connectivity index (χ1n) is 14.4. The molecule has 0 unspecified atom stereocenters. The van der Waals surface area contributed by atoms with Crippen molar-refractivity contribution in [3.8, 4) is 5.75 Å². The van der Waals surface area contributed by atoms with Gasteiger partial charge in [-0.05, 0) is 60.0 Å². The lowest BCUT2D eigenvalue weighted by molar-refractivity contribution is -0.123. The van der Waals surface area contributed by atoms with Crippen molar-refractivity contribution in [1.82, 2.24) is 5.32 Å². The summed E-state index contributed by atoms with van der Waals surface area (Å²) in [5, 5.41) is 2.89. The minimum atomic E-state index is -0.409. The number of nitrogens with one attached hydrogen (secondary N) is 1. The number of carbonyl (C=O) groups is 2. The number of para-hydroxylation sites is 1. The van der Waals surface area contributed by atoms with Crippen LogP contribution in [0.1, 0.15) is 38.8 Å². The lowest BCUT2D eigenvalue weighted by Crippen LogP contribution is -2.49. The van der Waals surface area contributed by atoms with Crippen LogP contribution in [-0.4, -0.2) is 18.4 Å². The first-order valence-corrected chi connectivity index (χ1v) is 14.4. The molecule has 5 aromatic carbocycles. The zero-order chi connectivity index (χ0) is 29.6. The molecule has 0 fully saturated rings. The van der Waals surface area contributed by atoms with Crippen molar-refractivity contribution in [3.05, 3.63) is 161 Å². The van der Waals surface area contributed by atoms with E-state index in [1.54, 1.807) is 0 Å². The summed E-state index contributed by atoms with van der Waals surface area (Å²) in [5.74, 6) is 0.337. The second-order valence-corrected chi connectivity index (χ2v) is 10.6. The van der Waals surface area contributed by atoms with Crippen molar-refractivity contribution < 1.29 is 14.3 Å². The SMILES string of the molecule is Cc1ccc(N2C(=O)c3ccccc3N(Cc3ccccc3)[C@H]2c2ccc(OCC(=O)NCc3ccccc3)cc2)cc1. The molecule has 0 spiro atoms. The van der Waals surface area contributed by atoms with E-state index < -0.39 is 6.17 Å². The minimum Gasteiger partial charge on any atom is -0.484 e. The van der Waals surface area contributed by atoms with Gasteiger partial charge >= 0.3 is 0 Å². The monoisotopic (exact) mass is 567 g/mol. The third kappa shape index (κ3) is 6.28. The highest BCUT2D eigenvalue weighted by atomic mass is 16.5. The van der Waals surface area contributed by atoms with Crippen molar-refractivity contribution >= 4 is 23.2 Å². The fourth-order valence-corrected chi connectivity index (χ4v) is 5.39. The molecular formula is C37H33N3O3. The van der Waals surface area contributed by atoms with Crippen molar-refractivity contribution in [2.24, 2.45) is 0 Å². The Morgan fingerprint density at radius 1 is 0.744 bits per heavy atom. The van der Waals surface area contributed by atoms with Gasteiger partial charge < -0.3 is 15.0 Å². The lowest BCUT2D eigenvalue weighted by atomic mass is 9.99. The smallest absolute Gasteiger partial charge is 0.262 e. The van der Waals surface area contributed by atoms with E-state index in [1.165, 1.54) is 0 Å². The van der Waals surface area contributed by atoms with E-state index in [0.717, 1.165) is 33.6 Å². The van der Waals surface area contributed by atoms with Gasteiger partial charge in [0.15, 0.2) is 6.61 Å². The highest BCUT2D eigenvalue weighted by Gasteiger charge is 2.39. The van der Waals surface area contributed by atoms with Gasteiger partial charge in [0, 0.05) is 18.8 Å². The summed E-state index contributed by atoms with van der Waals surface area (Å²) in [6.45, 7) is 3.01. The Labute approximate surface area is 252 Å². The Bertz CT molecular complexity index is 1690. The maximum atomic E-state index is 14.1. The molecule has 0 saturated heterocycles. The van der Waals surface area contributed by atoms with Gasteiger partial charge in [0.1, 0.15) is 11.9 Å². The predicted octanol–water partition coefficient (Wildman–Crippen LogP) is 7.06. The van der Waals surface area contributed by atoms with Crippen LogP contribution in [0.2, 0.25) is 0 Å². The number of anilines is 2. The second kappa shape index (κ2) is 12.7. The third-order valence-electron chi connectivity index (χ3n) is 7.59. The average molecular weight is 568 g/mol. The lowest BCUT2D eigenvalue weighted by Gasteiger charge is -2.46. The van der Waals surface area contributed by atoms with Gasteiger partial charge in [0.05, 0.1) is 11.3 Å². The van der Waals surface area contributed by atoms with E-state index in [-0.39, 0.29) is 18.4 Å². The maximum Gasteiger partial charge on any atom is 0.262 e. The largest absolute Gasteiger partial charge is 0.484 e. The van der Waals surface area contributed by atoms with Crippen LogP contribution in [0.5, 0.6) is 5.75 Å². The van der Waals surface area contributed by atoms with E-state index in [2.05, 4.69) is 22.3 Å². The number of rotatable bonds is 9. The first-order chi connectivity index (χ1) is 21.1. The van der Waals surface area contributed by atoms with Gasteiger partial charge in [0.25, 0.3) is 11.8 Å². The van der Waals surface area contributed by atoms with Gasteiger partial charge in [0.2, 0.25) is 0 Å². The molecule has 1 N–H and O–H groups in total. The van der Waals surface area contributed by atoms with Crippen LogP contribution in [0, 0.1) is 6.92 Å². The Kier molecular flexibility index (Phi) is 8.18. The number of hydrogen-bond donors (Lipinski definition) is 1. The molecule has 43 heavy (non-hydrogen) atoms. The Morgan fingerprint density at radius 2 is 1.37 bits per heavy atom. The zero-order valence-electron chi connectivity index (χ0n) is 24.0. The maximum absolute atomic E-state index is 14.1. The summed E-state index contributed by atoms with van der Waals surface area (Å²) in [6.07, 6.45) is -0.409. The molecule has 6 nitrogen and oxygen atoms in total. The van der Waals surface area contributed by atoms with E-state index in [1.807, 2.05) is 133 Å². The summed E-state index contributed by atoms with van der Waals surface area (Å²) in [6, 6.07) is 43.6. The molecular weight excluding hydrogens is 534 g/mol. The molecule has 6 heteroatoms. The van der Waals surface area contributed by atoms with Gasteiger partial charge in [-0.1, -0.05) is 103 Å². The van der Waals surface area contributed by atoms with Gasteiger partial charge in [-0.15, -0.1) is 0 Å². The van der Waals surface area contributed by atoms with Gasteiger partial charge in [-0.25, -0.2) is 0 Å². The van der Waals surface area contributed by atoms with E-state index in [4.69, 9.17) is 4.74 Å². The number of fused-ring (bicyclic) bond motifs is 1. The highest BCUT2D eigenvalue weighted by Crippen LogP contribution is 2.42. The summed E-state index contributed by atoms with van der Waals surface area (Å²) in [5.41, 5.74) is 6.60. The summed E-state index contributed by atoms with van der Waals surface area (Å²) in [7, 11) is 0. The Hall–Kier alpha value is -5.36. The van der Waals surface area contributed by atoms with Gasteiger partial charge in [-0.3, -0.25) is 14.5 Å². The molecule has 214 valence electrons. The van der Waals surface area contributed by atoms with Crippen molar-refractivity contribution in [2.75, 3.05) is 16.4 Å². The number of amides is 2. The number of ether oxygens (including phenoxy) is 1. The van der Waals surface area contributed by atoms with Crippen molar-refractivity contribution in [2.45, 2.75) is 26.2 Å². The van der Waals surface area contributed by atoms with E-state index in [9.17, 15) is 9.59 Å². The normalized spacial score (nSPS) is 14.3. The Morgan fingerprint density at radius 3 is 2.07 bits per heavy atom. The van der Waals surface area contributed by atoms with Gasteiger partial charge in [-0.2, -0.15) is 0 Å². The molecule has 0 bridgehead atoms. The fourth-order valence-electron chi connectivity index (χ4n) is 5.39. The number of nitrogens with zero attached hydrogens (tertiary/aromatic N) is 2. The summed E-state index contributed by atoms with van der Waals surface area (Å²) in [4.78, 5) is 30.7. The van der Waals surface area contributed by atoms with Crippen LogP contribution in [0.3, 0.4) is 0 Å². The number of hydrogen-bond acceptors (Lipinski definition) is 4. The molecule has 6 rings (SSSR count). The quantitative estimate of drug-likeness (QED) is 0.207. The van der Waals surface area contributed by atoms with E-state index >= 15 is 0 Å². The molecule has 2 amide bonds. The fraction of sp³-hybridized carbons (Fsp3) is 0.135. The zero-order valence-corrected chi connectivity index (χ0v) is 24.0.